The van der Waals surface area contributed by atoms with E-state index in [0.29, 0.717) is 5.52 Å². The molecule has 0 bridgehead atoms. The molecule has 3 atom stereocenters. The number of cyclic esters (lactones) is 1. The molecule has 0 spiro atoms. The molecule has 14 nitrogen and oxygen atoms in total. The van der Waals surface area contributed by atoms with Crippen LogP contribution in [0.3, 0.4) is 0 Å². The highest BCUT2D eigenvalue weighted by molar-refractivity contribution is 6.03. The van der Waals surface area contributed by atoms with Gasteiger partial charge >= 0.3 is 12.1 Å². The Balaban J connectivity index is 1.01. The molecule has 2 saturated heterocycles. The van der Waals surface area contributed by atoms with Gasteiger partial charge in [-0.25, -0.2) is 18.4 Å². The highest BCUT2D eigenvalue weighted by Crippen LogP contribution is 2.48. The van der Waals surface area contributed by atoms with Gasteiger partial charge in [-0.1, -0.05) is 5.16 Å². The van der Waals surface area contributed by atoms with E-state index < -0.39 is 58.2 Å². The van der Waals surface area contributed by atoms with Gasteiger partial charge in [0.05, 0.1) is 35.7 Å². The van der Waals surface area contributed by atoms with E-state index in [1.165, 1.54) is 30.7 Å². The number of ether oxygens (including phenoxy) is 3. The summed E-state index contributed by atoms with van der Waals surface area (Å²) >= 11 is 0. The Labute approximate surface area is 268 Å². The lowest BCUT2D eigenvalue weighted by Crippen LogP contribution is -2.41. The maximum atomic E-state index is 15.7. The second-order valence-electron chi connectivity index (χ2n) is 12.4. The molecule has 1 amide bonds. The Morgan fingerprint density at radius 2 is 1.92 bits per heavy atom. The van der Waals surface area contributed by atoms with Gasteiger partial charge < -0.3 is 38.4 Å². The molecular formula is C32H26F2N4O10. The molecule has 2 aromatic heterocycles. The summed E-state index contributed by atoms with van der Waals surface area (Å²) in [6.45, 7) is -0.593. The highest BCUT2D eigenvalue weighted by Gasteiger charge is 2.48. The van der Waals surface area contributed by atoms with Crippen molar-refractivity contribution in [3.8, 4) is 11.5 Å². The molecule has 1 aliphatic carbocycles. The van der Waals surface area contributed by atoms with Gasteiger partial charge in [0.2, 0.25) is 11.2 Å². The monoisotopic (exact) mass is 664 g/mol. The largest absolute Gasteiger partial charge is 0.487 e. The second kappa shape index (κ2) is 10.8. The molecule has 3 fully saturated rings. The number of benzene rings is 2. The number of anilines is 2. The number of rotatable bonds is 8. The normalized spacial score (nSPS) is 23.1. The minimum absolute atomic E-state index is 0.00967. The molecule has 2 aromatic carbocycles. The predicted molar refractivity (Wildman–Crippen MR) is 160 cm³/mol. The third kappa shape index (κ3) is 4.82. The van der Waals surface area contributed by atoms with Crippen molar-refractivity contribution >= 4 is 40.1 Å². The van der Waals surface area contributed by atoms with Gasteiger partial charge in [0.1, 0.15) is 36.3 Å². The maximum absolute atomic E-state index is 15.7. The van der Waals surface area contributed by atoms with Crippen LogP contribution < -0.4 is 24.7 Å². The van der Waals surface area contributed by atoms with Gasteiger partial charge in [0, 0.05) is 30.8 Å². The summed E-state index contributed by atoms with van der Waals surface area (Å²) in [6.07, 6.45) is 2.10. The Morgan fingerprint density at radius 1 is 1.10 bits per heavy atom. The number of carbonyl (C=O) groups excluding carboxylic acids is 2. The van der Waals surface area contributed by atoms with Crippen LogP contribution in [0.25, 0.3) is 10.9 Å². The summed E-state index contributed by atoms with van der Waals surface area (Å²) in [5.74, 6) is -3.73. The first-order valence-corrected chi connectivity index (χ1v) is 15.1. The number of aromatic carboxylic acids is 1. The summed E-state index contributed by atoms with van der Waals surface area (Å²) in [7, 11) is 0. The van der Waals surface area contributed by atoms with Crippen molar-refractivity contribution in [2.24, 2.45) is 0 Å². The molecular weight excluding hydrogens is 638 g/mol. The van der Waals surface area contributed by atoms with E-state index in [9.17, 15) is 29.4 Å². The molecule has 4 aliphatic rings. The quantitative estimate of drug-likeness (QED) is 0.264. The molecule has 5 heterocycles. The fraction of sp³-hybridized carbons (Fsp3) is 0.344. The molecule has 48 heavy (non-hydrogen) atoms. The molecule has 8 rings (SSSR count). The Bertz CT molecular complexity index is 2080. The van der Waals surface area contributed by atoms with Gasteiger partial charge in [0.25, 0.3) is 0 Å². The van der Waals surface area contributed by atoms with E-state index >= 15 is 8.78 Å². The zero-order valence-corrected chi connectivity index (χ0v) is 24.9. The van der Waals surface area contributed by atoms with E-state index in [-0.39, 0.29) is 72.7 Å². The number of aromatic nitrogens is 2. The zero-order chi connectivity index (χ0) is 33.5. The van der Waals surface area contributed by atoms with Gasteiger partial charge in [-0.2, -0.15) is 0 Å². The minimum Gasteiger partial charge on any atom is -0.487 e. The smallest absolute Gasteiger partial charge is 0.415 e. The Kier molecular flexibility index (Phi) is 6.70. The number of hydrogen-bond acceptors (Lipinski definition) is 11. The molecule has 16 heteroatoms. The van der Waals surface area contributed by atoms with Crippen molar-refractivity contribution in [3.63, 3.8) is 0 Å². The number of aliphatic hydroxyl groups is 1. The van der Waals surface area contributed by atoms with Crippen LogP contribution in [-0.4, -0.2) is 81.8 Å². The predicted octanol–water partition coefficient (Wildman–Crippen LogP) is 3.29. The van der Waals surface area contributed by atoms with Crippen LogP contribution in [0.15, 0.2) is 52.1 Å². The van der Waals surface area contributed by atoms with Gasteiger partial charge in [-0.15, -0.1) is 0 Å². The van der Waals surface area contributed by atoms with Crippen LogP contribution in [-0.2, 0) is 4.74 Å². The first-order chi connectivity index (χ1) is 23.0. The maximum Gasteiger partial charge on any atom is 0.415 e. The van der Waals surface area contributed by atoms with Crippen molar-refractivity contribution in [3.05, 3.63) is 75.9 Å². The third-order valence-electron chi connectivity index (χ3n) is 9.12. The van der Waals surface area contributed by atoms with Crippen LogP contribution in [0.5, 0.6) is 11.5 Å². The first-order valence-electron chi connectivity index (χ1n) is 15.1. The lowest BCUT2D eigenvalue weighted by atomic mass is 10.0. The van der Waals surface area contributed by atoms with Crippen molar-refractivity contribution < 1.29 is 52.1 Å². The van der Waals surface area contributed by atoms with E-state index in [0.717, 1.165) is 29.9 Å². The number of Topliss-reactive ketones (excluding diaryl/α,β-unsaturated/α-hetero) is 1. The van der Waals surface area contributed by atoms with E-state index in [1.54, 1.807) is 9.47 Å². The summed E-state index contributed by atoms with van der Waals surface area (Å²) in [6, 6.07) is 5.55. The van der Waals surface area contributed by atoms with Crippen molar-refractivity contribution in [1.82, 2.24) is 9.72 Å². The summed E-state index contributed by atoms with van der Waals surface area (Å²) in [5, 5.41) is 24.5. The number of amides is 1. The fourth-order valence-corrected chi connectivity index (χ4v) is 6.70. The summed E-state index contributed by atoms with van der Waals surface area (Å²) in [5.41, 5.74) is -2.38. The number of nitrogens with zero attached hydrogens (tertiary/aromatic N) is 4. The van der Waals surface area contributed by atoms with Gasteiger partial charge in [-0.3, -0.25) is 14.5 Å². The number of carboxylic acid groups (broad SMARTS) is 1. The minimum atomic E-state index is -1.56. The third-order valence-corrected chi connectivity index (χ3v) is 9.12. The van der Waals surface area contributed by atoms with Crippen molar-refractivity contribution in [2.45, 2.75) is 43.1 Å². The molecule has 4 aromatic rings. The molecule has 0 radical (unpaired) electrons. The molecule has 248 valence electrons. The second-order valence-corrected chi connectivity index (χ2v) is 12.4. The molecule has 3 aliphatic heterocycles. The van der Waals surface area contributed by atoms with E-state index in [1.807, 2.05) is 0 Å². The lowest BCUT2D eigenvalue weighted by molar-refractivity contribution is 0.00980. The van der Waals surface area contributed by atoms with Gasteiger partial charge in [0.15, 0.2) is 34.9 Å². The van der Waals surface area contributed by atoms with Crippen LogP contribution >= 0.6 is 0 Å². The number of carbonyl (C=O) groups is 3. The lowest BCUT2D eigenvalue weighted by Gasteiger charge is -2.34. The summed E-state index contributed by atoms with van der Waals surface area (Å²) < 4.78 is 54.1. The number of halogens is 2. The number of fused-ring (bicyclic) bond motifs is 5. The van der Waals surface area contributed by atoms with Gasteiger partial charge in [-0.05, 0) is 31.0 Å². The number of carboxylic acids is 1. The molecule has 2 N–H and O–H groups in total. The van der Waals surface area contributed by atoms with E-state index in [2.05, 4.69) is 9.68 Å². The summed E-state index contributed by atoms with van der Waals surface area (Å²) in [4.78, 5) is 52.5. The highest BCUT2D eigenvalue weighted by atomic mass is 19.1. The fourth-order valence-electron chi connectivity index (χ4n) is 6.70. The average molecular weight is 665 g/mol. The molecule has 0 unspecified atom stereocenters. The Hall–Kier alpha value is -5.51. The SMILES string of the molecule is O=C(O)c1cn(C2CC2)c2c3c(c(F)cc2c1=O)N1C[C@](O)(COc2ccc(N4C[C@H](C(=O)c5ccon5)OC4=O)cc2F)C[C@H]1CO3. The number of pyridine rings is 1. The topological polar surface area (TPSA) is 174 Å². The van der Waals surface area contributed by atoms with Crippen LogP contribution in [0.1, 0.15) is 46.2 Å². The van der Waals surface area contributed by atoms with Crippen LogP contribution in [0, 0.1) is 11.6 Å². The van der Waals surface area contributed by atoms with E-state index in [4.69, 9.17) is 14.2 Å². The standard InChI is InChI=1S/C32H26F2N4O10/c33-20-7-16(37-11-24(48-31(37)43)28(40)22-5-6-47-35-22)3-4-23(20)46-14-32(44)9-17-12-45-29-25-18(8-21(34)26(29)38(17)13-32)27(39)19(30(41)42)10-36(25)15-1-2-15/h3-8,10,15,17,24,44H,1-2,9,11-14H2,(H,41,42)/t17-,24+,32-/m0/s1. The van der Waals surface area contributed by atoms with Crippen LogP contribution in [0.2, 0.25) is 0 Å². The zero-order valence-electron chi connectivity index (χ0n) is 24.9. The average Bonchev–Trinajstić information content (AvgIpc) is 3.43. The van der Waals surface area contributed by atoms with Crippen molar-refractivity contribution in [1.29, 1.82) is 0 Å². The van der Waals surface area contributed by atoms with Crippen molar-refractivity contribution in [2.75, 3.05) is 36.1 Å². The van der Waals surface area contributed by atoms with Crippen LogP contribution in [0.4, 0.5) is 25.0 Å². The number of hydrogen-bond donors (Lipinski definition) is 2. The number of ketones is 1. The molecule has 1 saturated carbocycles. The Morgan fingerprint density at radius 3 is 2.62 bits per heavy atom. The first kappa shape index (κ1) is 29.9.